The van der Waals surface area contributed by atoms with Gasteiger partial charge in [0.2, 0.25) is 0 Å². The van der Waals surface area contributed by atoms with Crippen molar-refractivity contribution in [1.82, 2.24) is 4.57 Å². The van der Waals surface area contributed by atoms with Gasteiger partial charge in [0.15, 0.2) is 0 Å². The van der Waals surface area contributed by atoms with Crippen LogP contribution in [0.15, 0.2) is 6.20 Å². The Morgan fingerprint density at radius 1 is 1.57 bits per heavy atom. The molecular formula is C11H19N2O+. The van der Waals surface area contributed by atoms with Crippen LogP contribution in [0, 0.1) is 0 Å². The Labute approximate surface area is 85.3 Å². The van der Waals surface area contributed by atoms with Crippen LogP contribution in [-0.2, 0) is 24.4 Å². The molecule has 78 valence electrons. The second-order valence-electron chi connectivity index (χ2n) is 4.12. The van der Waals surface area contributed by atoms with Crippen molar-refractivity contribution in [2.24, 2.45) is 0 Å². The van der Waals surface area contributed by atoms with Crippen LogP contribution in [-0.4, -0.2) is 11.2 Å². The number of fused-ring (bicyclic) bond motifs is 1. The van der Waals surface area contributed by atoms with Gasteiger partial charge in [-0.05, 0) is 6.92 Å². The highest BCUT2D eigenvalue weighted by Gasteiger charge is 2.26. The fraction of sp³-hybridized carbons (Fsp3) is 0.727. The van der Waals surface area contributed by atoms with Crippen LogP contribution in [0.25, 0.3) is 0 Å². The lowest BCUT2D eigenvalue weighted by Crippen LogP contribution is -2.38. The molecule has 0 N–H and O–H groups in total. The molecule has 1 aliphatic rings. The molecular weight excluding hydrogens is 176 g/mol. The number of hydrogen-bond donors (Lipinski definition) is 0. The van der Waals surface area contributed by atoms with Crippen molar-refractivity contribution < 1.29 is 9.30 Å². The molecule has 1 aromatic heterocycles. The van der Waals surface area contributed by atoms with E-state index in [-0.39, 0.29) is 0 Å². The van der Waals surface area contributed by atoms with Crippen molar-refractivity contribution >= 4 is 0 Å². The monoisotopic (exact) mass is 195 g/mol. The van der Waals surface area contributed by atoms with E-state index in [9.17, 15) is 0 Å². The summed E-state index contributed by atoms with van der Waals surface area (Å²) in [6, 6.07) is 0. The van der Waals surface area contributed by atoms with Crippen molar-refractivity contribution in [3.63, 3.8) is 0 Å². The molecule has 0 unspecified atom stereocenters. The van der Waals surface area contributed by atoms with Crippen LogP contribution in [0.1, 0.15) is 38.2 Å². The second-order valence-corrected chi connectivity index (χ2v) is 4.12. The smallest absolute Gasteiger partial charge is 0.283 e. The maximum atomic E-state index is 5.49. The number of hydrogen-bond acceptors (Lipinski definition) is 1. The zero-order chi connectivity index (χ0) is 10.1. The first-order chi connectivity index (χ1) is 6.74. The minimum atomic E-state index is 0.597. The Balaban J connectivity index is 2.46. The maximum Gasteiger partial charge on any atom is 0.283 e. The van der Waals surface area contributed by atoms with Gasteiger partial charge in [-0.25, -0.2) is 9.13 Å². The molecule has 0 spiro atoms. The second kappa shape index (κ2) is 3.73. The molecule has 0 amide bonds. The van der Waals surface area contributed by atoms with Crippen LogP contribution >= 0.6 is 0 Å². The normalized spacial score (nSPS) is 16.0. The minimum absolute atomic E-state index is 0.597. The molecule has 2 rings (SSSR count). The molecule has 0 saturated heterocycles. The molecule has 1 aromatic rings. The molecule has 0 saturated carbocycles. The summed E-state index contributed by atoms with van der Waals surface area (Å²) in [4.78, 5) is 0. The van der Waals surface area contributed by atoms with Gasteiger partial charge < -0.3 is 4.74 Å². The SMILES string of the molecule is CC[n+]1cc(C(C)C)n2c1COCC2. The highest BCUT2D eigenvalue weighted by atomic mass is 16.5. The molecule has 0 bridgehead atoms. The number of imidazole rings is 1. The molecule has 0 fully saturated rings. The lowest BCUT2D eigenvalue weighted by atomic mass is 10.1. The highest BCUT2D eigenvalue weighted by Crippen LogP contribution is 2.18. The fourth-order valence-electron chi connectivity index (χ4n) is 2.08. The van der Waals surface area contributed by atoms with Gasteiger partial charge in [-0.3, -0.25) is 0 Å². The average molecular weight is 195 g/mol. The van der Waals surface area contributed by atoms with Crippen LogP contribution in [0.2, 0.25) is 0 Å². The third kappa shape index (κ3) is 1.46. The van der Waals surface area contributed by atoms with Crippen molar-refractivity contribution in [1.29, 1.82) is 0 Å². The number of aryl methyl sites for hydroxylation is 1. The Kier molecular flexibility index (Phi) is 2.59. The van der Waals surface area contributed by atoms with E-state index < -0.39 is 0 Å². The summed E-state index contributed by atoms with van der Waals surface area (Å²) < 4.78 is 10.2. The third-order valence-corrected chi connectivity index (χ3v) is 2.87. The topological polar surface area (TPSA) is 18.0 Å². The van der Waals surface area contributed by atoms with Crippen LogP contribution in [0.3, 0.4) is 0 Å². The van der Waals surface area contributed by atoms with Gasteiger partial charge in [-0.15, -0.1) is 0 Å². The molecule has 1 aliphatic heterocycles. The molecule has 0 radical (unpaired) electrons. The van der Waals surface area contributed by atoms with Crippen LogP contribution < -0.4 is 4.57 Å². The zero-order valence-corrected chi connectivity index (χ0v) is 9.29. The predicted octanol–water partition coefficient (Wildman–Crippen LogP) is 1.45. The van der Waals surface area contributed by atoms with E-state index in [1.807, 2.05) is 0 Å². The number of ether oxygens (including phenoxy) is 1. The first kappa shape index (κ1) is 9.71. The van der Waals surface area contributed by atoms with Gasteiger partial charge >= 0.3 is 0 Å². The quantitative estimate of drug-likeness (QED) is 0.653. The van der Waals surface area contributed by atoms with Crippen molar-refractivity contribution in [2.75, 3.05) is 6.61 Å². The van der Waals surface area contributed by atoms with Gasteiger partial charge in [-0.2, -0.15) is 0 Å². The van der Waals surface area contributed by atoms with Gasteiger partial charge in [0.05, 0.1) is 13.2 Å². The lowest BCUT2D eigenvalue weighted by Gasteiger charge is -2.12. The van der Waals surface area contributed by atoms with Gasteiger partial charge in [0.1, 0.15) is 25.0 Å². The molecule has 0 aromatic carbocycles. The Morgan fingerprint density at radius 2 is 2.36 bits per heavy atom. The highest BCUT2D eigenvalue weighted by molar-refractivity contribution is 5.05. The summed E-state index contributed by atoms with van der Waals surface area (Å²) in [5.74, 6) is 1.92. The van der Waals surface area contributed by atoms with Crippen molar-refractivity contribution in [2.45, 2.75) is 46.4 Å². The summed E-state index contributed by atoms with van der Waals surface area (Å²) in [5, 5.41) is 0. The molecule has 3 nitrogen and oxygen atoms in total. The number of aromatic nitrogens is 2. The minimum Gasteiger partial charge on any atom is -0.365 e. The van der Waals surface area contributed by atoms with Crippen molar-refractivity contribution in [3.05, 3.63) is 17.7 Å². The molecule has 0 aliphatic carbocycles. The van der Waals surface area contributed by atoms with E-state index >= 15 is 0 Å². The summed E-state index contributed by atoms with van der Waals surface area (Å²) in [7, 11) is 0. The summed E-state index contributed by atoms with van der Waals surface area (Å²) in [6.45, 7) is 10.3. The van der Waals surface area contributed by atoms with E-state index in [0.29, 0.717) is 5.92 Å². The van der Waals surface area contributed by atoms with E-state index in [4.69, 9.17) is 4.74 Å². The Bertz CT molecular complexity index is 328. The Morgan fingerprint density at radius 3 is 3.00 bits per heavy atom. The zero-order valence-electron chi connectivity index (χ0n) is 9.29. The number of nitrogens with zero attached hydrogens (tertiary/aromatic N) is 2. The molecule has 14 heavy (non-hydrogen) atoms. The maximum absolute atomic E-state index is 5.49. The largest absolute Gasteiger partial charge is 0.365 e. The van der Waals surface area contributed by atoms with Gasteiger partial charge in [-0.1, -0.05) is 13.8 Å². The first-order valence-corrected chi connectivity index (χ1v) is 5.43. The van der Waals surface area contributed by atoms with Gasteiger partial charge in [0.25, 0.3) is 5.82 Å². The van der Waals surface area contributed by atoms with Crippen LogP contribution in [0.5, 0.6) is 0 Å². The first-order valence-electron chi connectivity index (χ1n) is 5.43. The standard InChI is InChI=1S/C11H19N2O/c1-4-12-7-10(9(2)3)13-5-6-14-8-11(12)13/h7,9H,4-6,8H2,1-3H3/q+1. The average Bonchev–Trinajstić information content (AvgIpc) is 2.56. The summed E-state index contributed by atoms with van der Waals surface area (Å²) in [6.07, 6.45) is 2.27. The third-order valence-electron chi connectivity index (χ3n) is 2.87. The van der Waals surface area contributed by atoms with E-state index in [1.165, 1.54) is 11.5 Å². The molecule has 3 heteroatoms. The van der Waals surface area contributed by atoms with E-state index in [2.05, 4.69) is 36.1 Å². The van der Waals surface area contributed by atoms with E-state index in [1.54, 1.807) is 0 Å². The number of rotatable bonds is 2. The summed E-state index contributed by atoms with van der Waals surface area (Å²) >= 11 is 0. The predicted molar refractivity (Wildman–Crippen MR) is 54.0 cm³/mol. The van der Waals surface area contributed by atoms with Crippen molar-refractivity contribution in [3.8, 4) is 0 Å². The lowest BCUT2D eigenvalue weighted by molar-refractivity contribution is -0.703. The Hall–Kier alpha value is -0.830. The fourth-order valence-corrected chi connectivity index (χ4v) is 2.08. The van der Waals surface area contributed by atoms with Crippen LogP contribution in [0.4, 0.5) is 0 Å². The molecule has 2 heterocycles. The van der Waals surface area contributed by atoms with Gasteiger partial charge in [0, 0.05) is 5.92 Å². The molecule has 0 atom stereocenters. The van der Waals surface area contributed by atoms with E-state index in [0.717, 1.165) is 26.3 Å². The summed E-state index contributed by atoms with van der Waals surface area (Å²) in [5.41, 5.74) is 1.44.